The van der Waals surface area contributed by atoms with Crippen LogP contribution < -0.4 is 10.1 Å². The molecule has 0 spiro atoms. The van der Waals surface area contributed by atoms with E-state index in [4.69, 9.17) is 16.3 Å². The highest BCUT2D eigenvalue weighted by Gasteiger charge is 2.09. The molecule has 21 heavy (non-hydrogen) atoms. The minimum absolute atomic E-state index is 0.0840. The number of carbonyl (C=O) groups excluding carboxylic acids is 1. The number of ether oxygens (including phenoxy) is 1. The molecule has 0 radical (unpaired) electrons. The molecule has 0 aliphatic carbocycles. The molecule has 0 aromatic heterocycles. The van der Waals surface area contributed by atoms with Crippen molar-refractivity contribution in [3.8, 4) is 5.75 Å². The Hall–Kier alpha value is -2.14. The molecule has 0 saturated heterocycles. The quantitative estimate of drug-likeness (QED) is 0.928. The van der Waals surface area contributed by atoms with Crippen molar-refractivity contribution in [1.82, 2.24) is 0 Å². The summed E-state index contributed by atoms with van der Waals surface area (Å²) >= 11 is 5.78. The first kappa shape index (κ1) is 15.3. The number of amides is 1. The third kappa shape index (κ3) is 4.16. The molecule has 3 nitrogen and oxygen atoms in total. The maximum Gasteiger partial charge on any atom is 0.262 e. The van der Waals surface area contributed by atoms with Crippen molar-refractivity contribution in [3.63, 3.8) is 0 Å². The van der Waals surface area contributed by atoms with E-state index >= 15 is 0 Å². The number of hydrogen-bond acceptors (Lipinski definition) is 2. The Kier molecular flexibility index (Phi) is 4.75. The molecule has 2 aromatic carbocycles. The summed E-state index contributed by atoms with van der Waals surface area (Å²) in [7, 11) is 0. The van der Waals surface area contributed by atoms with E-state index in [1.54, 1.807) is 6.92 Å². The summed E-state index contributed by atoms with van der Waals surface area (Å²) in [5.74, 6) is -1.08. The van der Waals surface area contributed by atoms with E-state index in [2.05, 4.69) is 5.32 Å². The topological polar surface area (TPSA) is 38.3 Å². The fraction of sp³-hybridized carbons (Fsp3) is 0.133. The van der Waals surface area contributed by atoms with E-state index in [1.165, 1.54) is 30.3 Å². The molecule has 0 unspecified atom stereocenters. The summed E-state index contributed by atoms with van der Waals surface area (Å²) in [4.78, 5) is 11.8. The Morgan fingerprint density at radius 2 is 1.86 bits per heavy atom. The standard InChI is InChI=1S/C15H12ClF2NO2/c1-9-6-10(17)2-4-13(9)19-15(20)8-21-14-5-3-11(18)7-12(14)16/h2-7H,8H2,1H3,(H,19,20). The maximum absolute atomic E-state index is 12.9. The molecular formula is C15H12ClF2NO2. The van der Waals surface area contributed by atoms with E-state index in [-0.39, 0.29) is 23.2 Å². The van der Waals surface area contributed by atoms with Gasteiger partial charge in [-0.25, -0.2) is 8.78 Å². The van der Waals surface area contributed by atoms with Crippen molar-refractivity contribution in [2.75, 3.05) is 11.9 Å². The van der Waals surface area contributed by atoms with E-state index < -0.39 is 11.7 Å². The van der Waals surface area contributed by atoms with Gasteiger partial charge in [-0.2, -0.15) is 0 Å². The first-order valence-corrected chi connectivity index (χ1v) is 6.47. The smallest absolute Gasteiger partial charge is 0.262 e. The van der Waals surface area contributed by atoms with Crippen LogP contribution in [0.1, 0.15) is 5.56 Å². The first-order valence-electron chi connectivity index (χ1n) is 6.09. The van der Waals surface area contributed by atoms with Crippen molar-refractivity contribution in [2.45, 2.75) is 6.92 Å². The van der Waals surface area contributed by atoms with Crippen LogP contribution in [0.15, 0.2) is 36.4 Å². The fourth-order valence-corrected chi connectivity index (χ4v) is 1.91. The average Bonchev–Trinajstić information content (AvgIpc) is 2.41. The van der Waals surface area contributed by atoms with Gasteiger partial charge in [-0.3, -0.25) is 4.79 Å². The number of benzene rings is 2. The largest absolute Gasteiger partial charge is 0.482 e. The van der Waals surface area contributed by atoms with Crippen LogP contribution >= 0.6 is 11.6 Å². The van der Waals surface area contributed by atoms with Crippen LogP contribution in [0.2, 0.25) is 5.02 Å². The van der Waals surface area contributed by atoms with Gasteiger partial charge in [0.1, 0.15) is 17.4 Å². The van der Waals surface area contributed by atoms with Gasteiger partial charge in [0.25, 0.3) is 5.91 Å². The van der Waals surface area contributed by atoms with Crippen molar-refractivity contribution in [2.24, 2.45) is 0 Å². The Labute approximate surface area is 125 Å². The molecule has 0 aliphatic rings. The number of aryl methyl sites for hydroxylation is 1. The molecule has 0 atom stereocenters. The van der Waals surface area contributed by atoms with Gasteiger partial charge in [0.05, 0.1) is 5.02 Å². The molecule has 2 aromatic rings. The maximum atomic E-state index is 12.9. The third-order valence-corrected chi connectivity index (χ3v) is 3.01. The van der Waals surface area contributed by atoms with Gasteiger partial charge in [-0.15, -0.1) is 0 Å². The summed E-state index contributed by atoms with van der Waals surface area (Å²) in [6.07, 6.45) is 0. The lowest BCUT2D eigenvalue weighted by Crippen LogP contribution is -2.20. The summed E-state index contributed by atoms with van der Waals surface area (Å²) in [6.45, 7) is 1.39. The second-order valence-corrected chi connectivity index (χ2v) is 4.78. The van der Waals surface area contributed by atoms with Crippen molar-refractivity contribution in [1.29, 1.82) is 0 Å². The van der Waals surface area contributed by atoms with Crippen molar-refractivity contribution in [3.05, 3.63) is 58.6 Å². The molecule has 0 fully saturated rings. The van der Waals surface area contributed by atoms with Crippen LogP contribution in [0.5, 0.6) is 5.75 Å². The summed E-state index contributed by atoms with van der Waals surface area (Å²) < 4.78 is 31.0. The second kappa shape index (κ2) is 6.54. The SMILES string of the molecule is Cc1cc(F)ccc1NC(=O)COc1ccc(F)cc1Cl. The zero-order valence-electron chi connectivity index (χ0n) is 11.1. The van der Waals surface area contributed by atoms with Crippen LogP contribution in [-0.4, -0.2) is 12.5 Å². The lowest BCUT2D eigenvalue weighted by Gasteiger charge is -2.10. The van der Waals surface area contributed by atoms with Crippen molar-refractivity contribution >= 4 is 23.2 Å². The zero-order chi connectivity index (χ0) is 15.4. The molecule has 0 bridgehead atoms. The van der Waals surface area contributed by atoms with Gasteiger partial charge >= 0.3 is 0 Å². The minimum Gasteiger partial charge on any atom is -0.482 e. The third-order valence-electron chi connectivity index (χ3n) is 2.72. The number of nitrogens with one attached hydrogen (secondary N) is 1. The van der Waals surface area contributed by atoms with Crippen LogP contribution in [0.4, 0.5) is 14.5 Å². The molecule has 0 heterocycles. The van der Waals surface area contributed by atoms with Gasteiger partial charge in [-0.1, -0.05) is 11.6 Å². The van der Waals surface area contributed by atoms with E-state index in [1.807, 2.05) is 0 Å². The zero-order valence-corrected chi connectivity index (χ0v) is 11.9. The van der Waals surface area contributed by atoms with Gasteiger partial charge in [0.15, 0.2) is 6.61 Å². The van der Waals surface area contributed by atoms with Crippen LogP contribution in [0, 0.1) is 18.6 Å². The summed E-state index contributed by atoms with van der Waals surface area (Å²) in [5, 5.41) is 2.67. The molecule has 110 valence electrons. The molecule has 6 heteroatoms. The number of halogens is 3. The van der Waals surface area contributed by atoms with Crippen LogP contribution in [-0.2, 0) is 4.79 Å². The highest BCUT2D eigenvalue weighted by molar-refractivity contribution is 6.32. The number of hydrogen-bond donors (Lipinski definition) is 1. The molecule has 2 rings (SSSR count). The monoisotopic (exact) mass is 311 g/mol. The highest BCUT2D eigenvalue weighted by Crippen LogP contribution is 2.24. The predicted molar refractivity (Wildman–Crippen MR) is 76.7 cm³/mol. The van der Waals surface area contributed by atoms with E-state index in [0.717, 1.165) is 6.07 Å². The Morgan fingerprint density at radius 3 is 2.52 bits per heavy atom. The number of carbonyl (C=O) groups is 1. The van der Waals surface area contributed by atoms with Gasteiger partial charge in [-0.05, 0) is 48.9 Å². The first-order chi connectivity index (χ1) is 9.95. The Bertz CT molecular complexity index is 677. The van der Waals surface area contributed by atoms with Crippen LogP contribution in [0.25, 0.3) is 0 Å². The van der Waals surface area contributed by atoms with E-state index in [9.17, 15) is 13.6 Å². The lowest BCUT2D eigenvalue weighted by atomic mass is 10.2. The molecule has 1 N–H and O–H groups in total. The fourth-order valence-electron chi connectivity index (χ4n) is 1.69. The molecular weight excluding hydrogens is 300 g/mol. The number of anilines is 1. The summed E-state index contributed by atoms with van der Waals surface area (Å²) in [6, 6.07) is 7.65. The van der Waals surface area contributed by atoms with Gasteiger partial charge in [0.2, 0.25) is 0 Å². The van der Waals surface area contributed by atoms with Crippen molar-refractivity contribution < 1.29 is 18.3 Å². The van der Waals surface area contributed by atoms with E-state index in [0.29, 0.717) is 11.3 Å². The van der Waals surface area contributed by atoms with Crippen LogP contribution in [0.3, 0.4) is 0 Å². The average molecular weight is 312 g/mol. The normalized spacial score (nSPS) is 10.3. The molecule has 1 amide bonds. The lowest BCUT2D eigenvalue weighted by molar-refractivity contribution is -0.118. The minimum atomic E-state index is -0.487. The van der Waals surface area contributed by atoms with Gasteiger partial charge in [0, 0.05) is 5.69 Å². The predicted octanol–water partition coefficient (Wildman–Crippen LogP) is 3.94. The second-order valence-electron chi connectivity index (χ2n) is 4.37. The Balaban J connectivity index is 1.96. The van der Waals surface area contributed by atoms with Gasteiger partial charge < -0.3 is 10.1 Å². The molecule has 0 aliphatic heterocycles. The highest BCUT2D eigenvalue weighted by atomic mass is 35.5. The number of rotatable bonds is 4. The molecule has 0 saturated carbocycles. The Morgan fingerprint density at radius 1 is 1.19 bits per heavy atom. The summed E-state index contributed by atoms with van der Waals surface area (Å²) in [5.41, 5.74) is 1.10.